The second-order valence-electron chi connectivity index (χ2n) is 5.73. The Balaban J connectivity index is 1.85. The molecule has 21 heavy (non-hydrogen) atoms. The van der Waals surface area contributed by atoms with Crippen LogP contribution in [0.4, 0.5) is 0 Å². The van der Waals surface area contributed by atoms with Crippen molar-refractivity contribution in [2.75, 3.05) is 19.3 Å². The van der Waals surface area contributed by atoms with Crippen molar-refractivity contribution >= 4 is 15.8 Å². The zero-order chi connectivity index (χ0) is 15.3. The SMILES string of the molecule is CS(=O)(=O)N1CCC2(CC1)CC(=O)c1ccc(O)cc1O2. The Morgan fingerprint density at radius 3 is 2.57 bits per heavy atom. The molecule has 6 nitrogen and oxygen atoms in total. The van der Waals surface area contributed by atoms with E-state index in [1.54, 1.807) is 6.07 Å². The van der Waals surface area contributed by atoms with Crippen LogP contribution in [-0.4, -0.2) is 48.6 Å². The molecule has 0 unspecified atom stereocenters. The van der Waals surface area contributed by atoms with E-state index < -0.39 is 15.6 Å². The number of aromatic hydroxyl groups is 1. The highest BCUT2D eigenvalue weighted by atomic mass is 32.2. The zero-order valence-corrected chi connectivity index (χ0v) is 12.5. The molecule has 2 aliphatic rings. The van der Waals surface area contributed by atoms with E-state index in [1.807, 2.05) is 0 Å². The molecule has 3 rings (SSSR count). The first kappa shape index (κ1) is 14.3. The fraction of sp³-hybridized carbons (Fsp3) is 0.500. The Bertz CT molecular complexity index is 689. The van der Waals surface area contributed by atoms with Crippen molar-refractivity contribution < 1.29 is 23.1 Å². The number of fused-ring (bicyclic) bond motifs is 1. The Morgan fingerprint density at radius 2 is 1.95 bits per heavy atom. The number of hydrogen-bond donors (Lipinski definition) is 1. The van der Waals surface area contributed by atoms with Gasteiger partial charge in [0.25, 0.3) is 0 Å². The number of benzene rings is 1. The summed E-state index contributed by atoms with van der Waals surface area (Å²) in [6, 6.07) is 4.47. The molecular formula is C14H17NO5S. The van der Waals surface area contributed by atoms with Gasteiger partial charge in [0.2, 0.25) is 10.0 Å². The van der Waals surface area contributed by atoms with E-state index in [4.69, 9.17) is 4.74 Å². The van der Waals surface area contributed by atoms with Crippen LogP contribution in [0.15, 0.2) is 18.2 Å². The first-order chi connectivity index (χ1) is 9.79. The first-order valence-corrected chi connectivity index (χ1v) is 8.64. The van der Waals surface area contributed by atoms with Gasteiger partial charge in [-0.15, -0.1) is 0 Å². The molecule has 7 heteroatoms. The largest absolute Gasteiger partial charge is 0.508 e. The minimum Gasteiger partial charge on any atom is -0.508 e. The molecule has 0 amide bonds. The highest BCUT2D eigenvalue weighted by Crippen LogP contribution is 2.40. The summed E-state index contributed by atoms with van der Waals surface area (Å²) in [5.74, 6) is 0.412. The average Bonchev–Trinajstić information content (AvgIpc) is 2.37. The molecule has 1 aromatic rings. The van der Waals surface area contributed by atoms with Gasteiger partial charge in [0.05, 0.1) is 18.2 Å². The van der Waals surface area contributed by atoms with Crippen molar-refractivity contribution in [1.29, 1.82) is 0 Å². The molecule has 1 aromatic carbocycles. The van der Waals surface area contributed by atoms with Crippen LogP contribution < -0.4 is 4.74 Å². The lowest BCUT2D eigenvalue weighted by Crippen LogP contribution is -2.52. The molecule has 0 saturated carbocycles. The predicted octanol–water partition coefficient (Wildman–Crippen LogP) is 1.15. The molecule has 0 aromatic heterocycles. The van der Waals surface area contributed by atoms with E-state index in [2.05, 4.69) is 0 Å². The first-order valence-electron chi connectivity index (χ1n) is 6.79. The van der Waals surface area contributed by atoms with Gasteiger partial charge >= 0.3 is 0 Å². The van der Waals surface area contributed by atoms with Gasteiger partial charge in [-0.3, -0.25) is 4.79 Å². The van der Waals surface area contributed by atoms with Crippen molar-refractivity contribution in [3.63, 3.8) is 0 Å². The van der Waals surface area contributed by atoms with E-state index >= 15 is 0 Å². The van der Waals surface area contributed by atoms with Crippen molar-refractivity contribution in [2.24, 2.45) is 0 Å². The number of ether oxygens (including phenoxy) is 1. The maximum Gasteiger partial charge on any atom is 0.211 e. The Hall–Kier alpha value is -1.60. The molecule has 2 heterocycles. The Labute approximate surface area is 123 Å². The van der Waals surface area contributed by atoms with Crippen molar-refractivity contribution in [3.05, 3.63) is 23.8 Å². The molecular weight excluding hydrogens is 294 g/mol. The van der Waals surface area contributed by atoms with E-state index in [9.17, 15) is 18.3 Å². The van der Waals surface area contributed by atoms with Crippen molar-refractivity contribution in [2.45, 2.75) is 24.9 Å². The molecule has 1 fully saturated rings. The van der Waals surface area contributed by atoms with Gasteiger partial charge < -0.3 is 9.84 Å². The minimum atomic E-state index is -3.21. The fourth-order valence-corrected chi connectivity index (χ4v) is 3.83. The molecule has 0 aliphatic carbocycles. The molecule has 0 bridgehead atoms. The smallest absolute Gasteiger partial charge is 0.211 e. The van der Waals surface area contributed by atoms with Gasteiger partial charge in [-0.25, -0.2) is 12.7 Å². The summed E-state index contributed by atoms with van der Waals surface area (Å²) in [5, 5.41) is 9.53. The third-order valence-electron chi connectivity index (χ3n) is 4.18. The van der Waals surface area contributed by atoms with E-state index in [-0.39, 0.29) is 18.0 Å². The number of hydrogen-bond acceptors (Lipinski definition) is 5. The van der Waals surface area contributed by atoms with E-state index in [1.165, 1.54) is 22.7 Å². The van der Waals surface area contributed by atoms with Crippen LogP contribution in [0.3, 0.4) is 0 Å². The molecule has 114 valence electrons. The molecule has 0 radical (unpaired) electrons. The number of ketones is 1. The fourth-order valence-electron chi connectivity index (χ4n) is 2.99. The molecule has 1 saturated heterocycles. The molecule has 1 spiro atoms. The molecule has 2 aliphatic heterocycles. The van der Waals surface area contributed by atoms with Gasteiger partial charge in [0.15, 0.2) is 5.78 Å². The van der Waals surface area contributed by atoms with E-state index in [0.29, 0.717) is 37.2 Å². The standard InChI is InChI=1S/C14H17NO5S/c1-21(18,19)15-6-4-14(5-7-15)9-12(17)11-3-2-10(16)8-13(11)20-14/h2-3,8,16H,4-7,9H2,1H3. The third kappa shape index (κ3) is 2.63. The number of phenolic OH excluding ortho intramolecular Hbond substituents is 1. The molecule has 0 atom stereocenters. The van der Waals surface area contributed by atoms with Crippen LogP contribution in [0.5, 0.6) is 11.5 Å². The van der Waals surface area contributed by atoms with Gasteiger partial charge in [-0.05, 0) is 12.1 Å². The monoisotopic (exact) mass is 311 g/mol. The lowest BCUT2D eigenvalue weighted by atomic mass is 9.83. The Kier molecular flexibility index (Phi) is 3.22. The lowest BCUT2D eigenvalue weighted by molar-refractivity contribution is 0.00590. The number of nitrogens with zero attached hydrogens (tertiary/aromatic N) is 1. The predicted molar refractivity (Wildman–Crippen MR) is 76.1 cm³/mol. The van der Waals surface area contributed by atoms with Crippen LogP contribution in [0.2, 0.25) is 0 Å². The number of rotatable bonds is 1. The third-order valence-corrected chi connectivity index (χ3v) is 5.48. The second-order valence-corrected chi connectivity index (χ2v) is 7.71. The van der Waals surface area contributed by atoms with Gasteiger partial charge in [0, 0.05) is 32.0 Å². The normalized spacial score (nSPS) is 21.9. The maximum atomic E-state index is 12.3. The topological polar surface area (TPSA) is 83.9 Å². The highest BCUT2D eigenvalue weighted by Gasteiger charge is 2.44. The lowest BCUT2D eigenvalue weighted by Gasteiger charge is -2.43. The quantitative estimate of drug-likeness (QED) is 0.841. The van der Waals surface area contributed by atoms with Crippen LogP contribution in [0.25, 0.3) is 0 Å². The summed E-state index contributed by atoms with van der Waals surface area (Å²) < 4.78 is 30.5. The van der Waals surface area contributed by atoms with Gasteiger partial charge in [-0.1, -0.05) is 0 Å². The van der Waals surface area contributed by atoms with Crippen LogP contribution in [-0.2, 0) is 10.0 Å². The van der Waals surface area contributed by atoms with Crippen molar-refractivity contribution in [3.8, 4) is 11.5 Å². The van der Waals surface area contributed by atoms with Gasteiger partial charge in [-0.2, -0.15) is 0 Å². The highest BCUT2D eigenvalue weighted by molar-refractivity contribution is 7.88. The summed E-state index contributed by atoms with van der Waals surface area (Å²) in [5.41, 5.74) is -0.178. The minimum absolute atomic E-state index is 0.0240. The summed E-state index contributed by atoms with van der Waals surface area (Å²) in [6.45, 7) is 0.695. The summed E-state index contributed by atoms with van der Waals surface area (Å²) in [4.78, 5) is 12.3. The number of carbonyl (C=O) groups is 1. The van der Waals surface area contributed by atoms with Gasteiger partial charge in [0.1, 0.15) is 17.1 Å². The number of Topliss-reactive ketones (excluding diaryl/α,β-unsaturated/α-hetero) is 1. The summed E-state index contributed by atoms with van der Waals surface area (Å²) >= 11 is 0. The van der Waals surface area contributed by atoms with Crippen LogP contribution in [0, 0.1) is 0 Å². The number of sulfonamides is 1. The maximum absolute atomic E-state index is 12.3. The second kappa shape index (κ2) is 4.71. The van der Waals surface area contributed by atoms with Crippen LogP contribution >= 0.6 is 0 Å². The Morgan fingerprint density at radius 1 is 1.29 bits per heavy atom. The van der Waals surface area contributed by atoms with Crippen molar-refractivity contribution in [1.82, 2.24) is 4.31 Å². The van der Waals surface area contributed by atoms with E-state index in [0.717, 1.165) is 0 Å². The summed E-state index contributed by atoms with van der Waals surface area (Å²) in [6.07, 6.45) is 2.38. The molecule has 1 N–H and O–H groups in total. The number of carbonyl (C=O) groups excluding carboxylic acids is 1. The van der Waals surface area contributed by atoms with Crippen LogP contribution in [0.1, 0.15) is 29.6 Å². The zero-order valence-electron chi connectivity index (χ0n) is 11.7. The summed E-state index contributed by atoms with van der Waals surface area (Å²) in [7, 11) is -3.21. The average molecular weight is 311 g/mol. The number of phenols is 1. The number of piperidine rings is 1.